The van der Waals surface area contributed by atoms with Gasteiger partial charge in [0.05, 0.1) is 23.6 Å². The number of rotatable bonds is 5. The lowest BCUT2D eigenvalue weighted by Gasteiger charge is -2.08. The normalized spacial score (nSPS) is 10.6. The van der Waals surface area contributed by atoms with Gasteiger partial charge in [0.2, 0.25) is 0 Å². The van der Waals surface area contributed by atoms with Crippen molar-refractivity contribution in [3.63, 3.8) is 0 Å². The molecule has 0 aliphatic rings. The van der Waals surface area contributed by atoms with Gasteiger partial charge in [-0.1, -0.05) is 42.5 Å². The van der Waals surface area contributed by atoms with Crippen LogP contribution in [0.4, 0.5) is 0 Å². The van der Waals surface area contributed by atoms with Crippen LogP contribution >= 0.6 is 0 Å². The minimum Gasteiger partial charge on any atom is -0.392 e. The highest BCUT2D eigenvalue weighted by atomic mass is 16.3. The summed E-state index contributed by atoms with van der Waals surface area (Å²) in [7, 11) is 0. The smallest absolute Gasteiger partial charge is 0.255 e. The van der Waals surface area contributed by atoms with Gasteiger partial charge in [0.1, 0.15) is 0 Å². The summed E-state index contributed by atoms with van der Waals surface area (Å²) in [4.78, 5) is 12.5. The zero-order chi connectivity index (χ0) is 16.9. The molecule has 1 aromatic heterocycles. The Balaban J connectivity index is 1.75. The lowest BCUT2D eigenvalue weighted by molar-refractivity contribution is 0.0950. The van der Waals surface area contributed by atoms with Crippen molar-refractivity contribution in [2.24, 2.45) is 0 Å². The Morgan fingerprint density at radius 3 is 2.46 bits per heavy atom. The summed E-state index contributed by atoms with van der Waals surface area (Å²) >= 11 is 0. The van der Waals surface area contributed by atoms with Crippen LogP contribution in [0.1, 0.15) is 27.2 Å². The monoisotopic (exact) mass is 321 g/mol. The summed E-state index contributed by atoms with van der Waals surface area (Å²) < 4.78 is 1.70. The Hall–Kier alpha value is -2.92. The average molecular weight is 321 g/mol. The molecule has 0 unspecified atom stereocenters. The Labute approximate surface area is 140 Å². The molecular weight excluding hydrogens is 302 g/mol. The zero-order valence-electron chi connectivity index (χ0n) is 13.4. The van der Waals surface area contributed by atoms with E-state index in [0.29, 0.717) is 17.8 Å². The van der Waals surface area contributed by atoms with Crippen LogP contribution < -0.4 is 5.32 Å². The van der Waals surface area contributed by atoms with Crippen LogP contribution in [-0.2, 0) is 13.2 Å². The van der Waals surface area contributed by atoms with E-state index in [0.717, 1.165) is 16.8 Å². The van der Waals surface area contributed by atoms with Crippen LogP contribution in [0.3, 0.4) is 0 Å². The van der Waals surface area contributed by atoms with Gasteiger partial charge in [-0.05, 0) is 30.2 Å². The fraction of sp³-hybridized carbons (Fsp3) is 0.158. The first kappa shape index (κ1) is 16.0. The van der Waals surface area contributed by atoms with Crippen LogP contribution in [-0.4, -0.2) is 20.8 Å². The van der Waals surface area contributed by atoms with Gasteiger partial charge in [0, 0.05) is 12.7 Å². The van der Waals surface area contributed by atoms with Crippen LogP contribution in [0.5, 0.6) is 0 Å². The predicted octanol–water partition coefficient (Wildman–Crippen LogP) is 2.60. The number of aliphatic hydroxyl groups is 1. The number of nitrogens with one attached hydrogen (secondary N) is 1. The standard InChI is InChI=1S/C19H19N3O2/c1-14-18(12-22(21-14)17-9-3-2-4-10-17)19(24)20-11-15-7-5-6-8-16(15)13-23/h2-10,12,23H,11,13H2,1H3,(H,20,24). The summed E-state index contributed by atoms with van der Waals surface area (Å²) in [5.74, 6) is -0.178. The number of aromatic nitrogens is 2. The molecule has 122 valence electrons. The fourth-order valence-electron chi connectivity index (χ4n) is 2.55. The SMILES string of the molecule is Cc1nn(-c2ccccc2)cc1C(=O)NCc1ccccc1CO. The Kier molecular flexibility index (Phi) is 4.72. The van der Waals surface area contributed by atoms with E-state index in [2.05, 4.69) is 10.4 Å². The van der Waals surface area contributed by atoms with Gasteiger partial charge < -0.3 is 10.4 Å². The highest BCUT2D eigenvalue weighted by molar-refractivity contribution is 5.95. The van der Waals surface area contributed by atoms with E-state index < -0.39 is 0 Å². The summed E-state index contributed by atoms with van der Waals surface area (Å²) in [6.07, 6.45) is 1.73. The third-order valence-corrected chi connectivity index (χ3v) is 3.89. The summed E-state index contributed by atoms with van der Waals surface area (Å²) in [5, 5.41) is 16.6. The highest BCUT2D eigenvalue weighted by Gasteiger charge is 2.14. The second-order valence-electron chi connectivity index (χ2n) is 5.52. The van der Waals surface area contributed by atoms with E-state index in [1.54, 1.807) is 10.9 Å². The topological polar surface area (TPSA) is 67.2 Å². The number of aliphatic hydroxyl groups excluding tert-OH is 1. The first-order valence-electron chi connectivity index (χ1n) is 7.76. The fourth-order valence-corrected chi connectivity index (χ4v) is 2.55. The van der Waals surface area contributed by atoms with Crippen LogP contribution in [0.25, 0.3) is 5.69 Å². The maximum Gasteiger partial charge on any atom is 0.255 e. The molecule has 0 spiro atoms. The van der Waals surface area contributed by atoms with Crippen molar-refractivity contribution in [1.82, 2.24) is 15.1 Å². The van der Waals surface area contributed by atoms with Crippen molar-refractivity contribution in [1.29, 1.82) is 0 Å². The van der Waals surface area contributed by atoms with E-state index in [4.69, 9.17) is 0 Å². The molecule has 3 aromatic rings. The van der Waals surface area contributed by atoms with Gasteiger partial charge in [-0.25, -0.2) is 4.68 Å². The molecule has 2 N–H and O–H groups in total. The Bertz CT molecular complexity index is 841. The number of amides is 1. The van der Waals surface area contributed by atoms with Crippen molar-refractivity contribution in [3.05, 3.63) is 83.2 Å². The number of nitrogens with zero attached hydrogens (tertiary/aromatic N) is 2. The summed E-state index contributed by atoms with van der Waals surface area (Å²) in [5.41, 5.74) is 3.84. The van der Waals surface area contributed by atoms with E-state index in [-0.39, 0.29) is 12.5 Å². The molecule has 5 heteroatoms. The van der Waals surface area contributed by atoms with Crippen molar-refractivity contribution in [3.8, 4) is 5.69 Å². The van der Waals surface area contributed by atoms with Gasteiger partial charge in [-0.15, -0.1) is 0 Å². The van der Waals surface area contributed by atoms with Crippen molar-refractivity contribution in [2.45, 2.75) is 20.1 Å². The van der Waals surface area contributed by atoms with E-state index in [1.165, 1.54) is 0 Å². The van der Waals surface area contributed by atoms with E-state index in [1.807, 2.05) is 61.5 Å². The van der Waals surface area contributed by atoms with Crippen LogP contribution in [0, 0.1) is 6.92 Å². The highest BCUT2D eigenvalue weighted by Crippen LogP contribution is 2.13. The molecule has 0 atom stereocenters. The lowest BCUT2D eigenvalue weighted by Crippen LogP contribution is -2.23. The maximum absolute atomic E-state index is 12.5. The van der Waals surface area contributed by atoms with Gasteiger partial charge in [-0.2, -0.15) is 5.10 Å². The maximum atomic E-state index is 12.5. The molecule has 0 saturated carbocycles. The predicted molar refractivity (Wildman–Crippen MR) is 91.8 cm³/mol. The molecule has 0 aliphatic heterocycles. The number of aryl methyl sites for hydroxylation is 1. The first-order chi connectivity index (χ1) is 11.7. The number of para-hydroxylation sites is 1. The Morgan fingerprint density at radius 2 is 1.75 bits per heavy atom. The third-order valence-electron chi connectivity index (χ3n) is 3.89. The average Bonchev–Trinajstić information content (AvgIpc) is 3.02. The number of hydrogen-bond donors (Lipinski definition) is 2. The summed E-state index contributed by atoms with van der Waals surface area (Å²) in [6.45, 7) is 2.14. The minimum absolute atomic E-state index is 0.0446. The van der Waals surface area contributed by atoms with E-state index >= 15 is 0 Å². The molecule has 0 radical (unpaired) electrons. The van der Waals surface area contributed by atoms with Gasteiger partial charge >= 0.3 is 0 Å². The number of carbonyl (C=O) groups is 1. The number of carbonyl (C=O) groups excluding carboxylic acids is 1. The molecule has 2 aromatic carbocycles. The van der Waals surface area contributed by atoms with Gasteiger partial charge in [0.25, 0.3) is 5.91 Å². The van der Waals surface area contributed by atoms with E-state index in [9.17, 15) is 9.90 Å². The molecule has 24 heavy (non-hydrogen) atoms. The molecule has 1 heterocycles. The Morgan fingerprint density at radius 1 is 1.08 bits per heavy atom. The molecule has 0 aliphatic carbocycles. The molecular formula is C19H19N3O2. The molecule has 3 rings (SSSR count). The quantitative estimate of drug-likeness (QED) is 0.759. The van der Waals surface area contributed by atoms with Crippen molar-refractivity contribution < 1.29 is 9.90 Å². The number of benzene rings is 2. The van der Waals surface area contributed by atoms with Crippen LogP contribution in [0.15, 0.2) is 60.8 Å². The minimum atomic E-state index is -0.178. The lowest BCUT2D eigenvalue weighted by atomic mass is 10.1. The van der Waals surface area contributed by atoms with Crippen molar-refractivity contribution in [2.75, 3.05) is 0 Å². The van der Waals surface area contributed by atoms with Crippen molar-refractivity contribution >= 4 is 5.91 Å². The summed E-state index contributed by atoms with van der Waals surface area (Å²) in [6, 6.07) is 17.2. The molecule has 0 saturated heterocycles. The largest absolute Gasteiger partial charge is 0.392 e. The second kappa shape index (κ2) is 7.10. The van der Waals surface area contributed by atoms with Gasteiger partial charge in [0.15, 0.2) is 0 Å². The molecule has 0 fully saturated rings. The second-order valence-corrected chi connectivity index (χ2v) is 5.52. The molecule has 0 bridgehead atoms. The molecule has 5 nitrogen and oxygen atoms in total. The molecule has 1 amide bonds. The zero-order valence-corrected chi connectivity index (χ0v) is 13.4. The third kappa shape index (κ3) is 3.36. The number of hydrogen-bond acceptors (Lipinski definition) is 3. The first-order valence-corrected chi connectivity index (χ1v) is 7.76. The van der Waals surface area contributed by atoms with Crippen LogP contribution in [0.2, 0.25) is 0 Å². The van der Waals surface area contributed by atoms with Gasteiger partial charge in [-0.3, -0.25) is 4.79 Å².